The molecule has 2 rings (SSSR count). The highest BCUT2D eigenvalue weighted by Gasteiger charge is 2.54. The van der Waals surface area contributed by atoms with E-state index in [-0.39, 0.29) is 0 Å². The monoisotopic (exact) mass is 374 g/mol. The van der Waals surface area contributed by atoms with E-state index in [9.17, 15) is 0 Å². The Labute approximate surface area is 142 Å². The van der Waals surface area contributed by atoms with Crippen LogP contribution in [0.5, 0.6) is 0 Å². The molecule has 2 heterocycles. The van der Waals surface area contributed by atoms with Crippen molar-refractivity contribution in [2.45, 2.75) is 102 Å². The van der Waals surface area contributed by atoms with E-state index in [4.69, 9.17) is 8.85 Å². The minimum atomic E-state index is -1.45. The molecule has 2 nitrogen and oxygen atoms in total. The van der Waals surface area contributed by atoms with Crippen molar-refractivity contribution in [3.8, 4) is 0 Å². The second kappa shape index (κ2) is 6.26. The first-order valence-electron chi connectivity index (χ1n) is 9.27. The molecule has 0 aromatic rings. The average molecular weight is 375 g/mol. The van der Waals surface area contributed by atoms with Gasteiger partial charge >= 0.3 is 0 Å². The maximum atomic E-state index is 6.53. The quantitative estimate of drug-likeness (QED) is 0.622. The number of hydrogen-bond donors (Lipinski definition) is 0. The molecule has 0 amide bonds. The van der Waals surface area contributed by atoms with Crippen LogP contribution in [-0.2, 0) is 8.85 Å². The summed E-state index contributed by atoms with van der Waals surface area (Å²) in [5.74, 6) is 0. The van der Waals surface area contributed by atoms with Crippen LogP contribution in [0, 0.1) is 0 Å². The zero-order chi connectivity index (χ0) is 16.8. The summed E-state index contributed by atoms with van der Waals surface area (Å²) >= 11 is 0. The topological polar surface area (TPSA) is 18.5 Å². The molecule has 0 aromatic carbocycles. The molecule has 0 saturated carbocycles. The Morgan fingerprint density at radius 3 is 1.27 bits per heavy atom. The summed E-state index contributed by atoms with van der Waals surface area (Å²) in [4.78, 5) is 0. The van der Waals surface area contributed by atoms with E-state index in [1.165, 1.54) is 37.0 Å². The van der Waals surface area contributed by atoms with Crippen molar-refractivity contribution in [2.75, 3.05) is 0 Å². The van der Waals surface area contributed by atoms with Gasteiger partial charge in [0.2, 0.25) is 0 Å². The fraction of sp³-hybridized carbons (Fsp3) is 1.00. The van der Waals surface area contributed by atoms with Gasteiger partial charge in [0.25, 0.3) is 0 Å². The lowest BCUT2D eigenvalue weighted by Crippen LogP contribution is -2.66. The van der Waals surface area contributed by atoms with Gasteiger partial charge in [-0.05, 0) is 52.9 Å². The van der Waals surface area contributed by atoms with E-state index in [1.807, 2.05) is 0 Å². The Morgan fingerprint density at radius 1 is 0.682 bits per heavy atom. The van der Waals surface area contributed by atoms with E-state index in [0.717, 1.165) is 0 Å². The van der Waals surface area contributed by atoms with Crippen molar-refractivity contribution in [3.05, 3.63) is 0 Å². The first-order chi connectivity index (χ1) is 9.91. The average Bonchev–Trinajstić information content (AvgIpc) is 2.37. The zero-order valence-electron chi connectivity index (χ0n) is 16.2. The predicted molar refractivity (Wildman–Crippen MR) is 108 cm³/mol. The molecule has 2 saturated heterocycles. The predicted octanol–water partition coefficient (Wildman–Crippen LogP) is 5.33. The molecule has 4 atom stereocenters. The molecule has 0 radical (unpaired) electrons. The molecule has 22 heavy (non-hydrogen) atoms. The number of hydrogen-bond acceptors (Lipinski definition) is 2. The van der Waals surface area contributed by atoms with Gasteiger partial charge in [0.15, 0.2) is 15.7 Å². The lowest BCUT2D eigenvalue weighted by molar-refractivity contribution is 0.204. The van der Waals surface area contributed by atoms with Crippen LogP contribution in [-0.4, -0.2) is 43.1 Å². The van der Waals surface area contributed by atoms with Crippen LogP contribution in [0.1, 0.15) is 26.7 Å². The van der Waals surface area contributed by atoms with E-state index in [1.54, 1.807) is 0 Å². The summed E-state index contributed by atoms with van der Waals surface area (Å²) in [7, 11) is -5.29. The van der Waals surface area contributed by atoms with Gasteiger partial charge in [-0.1, -0.05) is 37.3 Å². The summed E-state index contributed by atoms with van der Waals surface area (Å²) in [6.07, 6.45) is 3.65. The molecule has 0 bridgehead atoms. The zero-order valence-corrected chi connectivity index (χ0v) is 20.2. The maximum Gasteiger partial charge on any atom is 0.174 e. The van der Waals surface area contributed by atoms with Crippen molar-refractivity contribution in [1.29, 1.82) is 0 Å². The van der Waals surface area contributed by atoms with Gasteiger partial charge in [0, 0.05) is 12.2 Å². The fourth-order valence-corrected chi connectivity index (χ4v) is 29.9. The second-order valence-electron chi connectivity index (χ2n) is 9.58. The van der Waals surface area contributed by atoms with Crippen LogP contribution in [0.2, 0.25) is 63.5 Å². The largest absolute Gasteiger partial charge is 0.417 e. The van der Waals surface area contributed by atoms with Crippen LogP contribution in [0.3, 0.4) is 0 Å². The van der Waals surface area contributed by atoms with E-state index >= 15 is 0 Å². The Hall–Kier alpha value is 0.788. The van der Waals surface area contributed by atoms with Crippen LogP contribution in [0.15, 0.2) is 0 Å². The molecule has 0 aliphatic carbocycles. The van der Waals surface area contributed by atoms with Crippen LogP contribution in [0.25, 0.3) is 0 Å². The highest BCUT2D eigenvalue weighted by molar-refractivity contribution is 7.41. The first-order valence-corrected chi connectivity index (χ1v) is 22.9. The summed E-state index contributed by atoms with van der Waals surface area (Å²) < 4.78 is 13.1. The van der Waals surface area contributed by atoms with Gasteiger partial charge in [0.05, 0.1) is 15.2 Å². The first kappa shape index (κ1) is 19.1. The van der Waals surface area contributed by atoms with E-state index in [2.05, 4.69) is 53.1 Å². The Balaban J connectivity index is 2.08. The molecule has 2 aliphatic rings. The van der Waals surface area contributed by atoms with Gasteiger partial charge in [-0.25, -0.2) is 0 Å². The third-order valence-electron chi connectivity index (χ3n) is 7.33. The SMILES string of the molecule is CC1CC[Si](C)(CC[Si]2(C)CCC(C)O[Si]2(C)C)[Si](C)(C)O1. The molecule has 6 heteroatoms. The molecule has 0 N–H and O–H groups in total. The second-order valence-corrected chi connectivity index (χ2v) is 38.8. The summed E-state index contributed by atoms with van der Waals surface area (Å²) in [5.41, 5.74) is 0. The molecule has 130 valence electrons. The van der Waals surface area contributed by atoms with Gasteiger partial charge in [-0.2, -0.15) is 0 Å². The Kier molecular flexibility index (Phi) is 5.44. The maximum absolute atomic E-state index is 6.53. The molecular weight excluding hydrogens is 337 g/mol. The third kappa shape index (κ3) is 3.56. The number of rotatable bonds is 3. The third-order valence-corrected chi connectivity index (χ3v) is 42.3. The van der Waals surface area contributed by atoms with Crippen LogP contribution >= 0.6 is 0 Å². The van der Waals surface area contributed by atoms with Crippen molar-refractivity contribution in [3.63, 3.8) is 0 Å². The van der Waals surface area contributed by atoms with E-state index in [0.29, 0.717) is 12.2 Å². The highest BCUT2D eigenvalue weighted by Crippen LogP contribution is 2.42. The molecule has 0 spiro atoms. The van der Waals surface area contributed by atoms with Gasteiger partial charge in [-0.15, -0.1) is 0 Å². The summed E-state index contributed by atoms with van der Waals surface area (Å²) in [6.45, 7) is 20.0. The smallest absolute Gasteiger partial charge is 0.174 e. The lowest BCUT2D eigenvalue weighted by Gasteiger charge is -2.51. The summed E-state index contributed by atoms with van der Waals surface area (Å²) in [6, 6.07) is 6.07. The molecule has 2 aliphatic heterocycles. The Bertz CT molecular complexity index is 377. The minimum absolute atomic E-state index is 0.514. The molecule has 4 unspecified atom stereocenters. The standard InChI is InChI=1S/C16H38O2Si4/c1-15-9-11-21(7,19(3,4)17-15)13-14-22(8)12-10-16(2)18-20(22,5)6/h15-16H,9-14H2,1-8H3. The normalized spacial score (nSPS) is 44.7. The molecule has 2 fully saturated rings. The minimum Gasteiger partial charge on any atom is -0.417 e. The lowest BCUT2D eigenvalue weighted by atomic mass is 10.3. The van der Waals surface area contributed by atoms with Crippen molar-refractivity contribution in [1.82, 2.24) is 0 Å². The van der Waals surface area contributed by atoms with Gasteiger partial charge in [0.1, 0.15) is 0 Å². The van der Waals surface area contributed by atoms with Crippen molar-refractivity contribution in [2.24, 2.45) is 0 Å². The van der Waals surface area contributed by atoms with Crippen LogP contribution < -0.4 is 0 Å². The van der Waals surface area contributed by atoms with Crippen LogP contribution in [0.4, 0.5) is 0 Å². The molecule has 0 aromatic heterocycles. The van der Waals surface area contributed by atoms with Crippen molar-refractivity contribution >= 4 is 30.9 Å². The fourth-order valence-electron chi connectivity index (χ4n) is 4.46. The highest BCUT2D eigenvalue weighted by atomic mass is 29.3. The van der Waals surface area contributed by atoms with Gasteiger partial charge in [-0.3, -0.25) is 0 Å². The summed E-state index contributed by atoms with van der Waals surface area (Å²) in [5, 5.41) is 0. The van der Waals surface area contributed by atoms with E-state index < -0.39 is 30.9 Å². The van der Waals surface area contributed by atoms with Gasteiger partial charge < -0.3 is 8.85 Å². The molecular formula is C16H38O2Si4. The van der Waals surface area contributed by atoms with Crippen molar-refractivity contribution < 1.29 is 8.85 Å². The Morgan fingerprint density at radius 2 is 1.00 bits per heavy atom.